The number of likely N-dealkylation sites (N-methyl/N-ethyl adjacent to an activating group) is 1. The first-order chi connectivity index (χ1) is 25.0. The number of quaternary nitrogens is 2. The second-order valence-corrected chi connectivity index (χ2v) is 16.5. The summed E-state index contributed by atoms with van der Waals surface area (Å²) in [5.41, 5.74) is 1.91. The van der Waals surface area contributed by atoms with E-state index >= 15 is 0 Å². The highest BCUT2D eigenvalue weighted by Crippen LogP contribution is 2.47. The minimum Gasteiger partial charge on any atom is -0.457 e. The van der Waals surface area contributed by atoms with Crippen LogP contribution in [0.5, 0.6) is 0 Å². The van der Waals surface area contributed by atoms with Gasteiger partial charge in [0.25, 0.3) is 0 Å². The summed E-state index contributed by atoms with van der Waals surface area (Å²) in [6.45, 7) is 10.6. The summed E-state index contributed by atoms with van der Waals surface area (Å²) in [5, 5.41) is 0. The van der Waals surface area contributed by atoms with E-state index in [0.717, 1.165) is 38.7 Å². The van der Waals surface area contributed by atoms with Crippen molar-refractivity contribution in [1.82, 2.24) is 0 Å². The molecule has 0 spiro atoms. The van der Waals surface area contributed by atoms with Gasteiger partial charge in [0, 0.05) is 25.9 Å². The molecule has 4 aromatic rings. The number of carbonyl (C=O) groups excluding carboxylic acids is 2. The molecule has 2 unspecified atom stereocenters. The zero-order valence-corrected chi connectivity index (χ0v) is 33.9. The molecular formula is C46H64N2O5+2. The summed E-state index contributed by atoms with van der Waals surface area (Å²) in [6, 6.07) is 40.1. The molecule has 0 amide bonds. The van der Waals surface area contributed by atoms with Crippen LogP contribution in [-0.4, -0.2) is 89.5 Å². The second kappa shape index (κ2) is 19.2. The number of esters is 2. The third-order valence-corrected chi connectivity index (χ3v) is 9.33. The van der Waals surface area contributed by atoms with Gasteiger partial charge in [-0.05, 0) is 29.2 Å². The molecule has 0 aliphatic heterocycles. The van der Waals surface area contributed by atoms with Crippen molar-refractivity contribution in [3.63, 3.8) is 0 Å². The molecule has 0 N–H and O–H groups in total. The van der Waals surface area contributed by atoms with Crippen molar-refractivity contribution in [2.45, 2.75) is 58.2 Å². The van der Waals surface area contributed by atoms with Crippen molar-refractivity contribution in [3.8, 4) is 0 Å². The fourth-order valence-corrected chi connectivity index (χ4v) is 6.99. The molecule has 53 heavy (non-hydrogen) atoms. The Bertz CT molecular complexity index is 1670. The molecule has 4 aromatic carbocycles. The standard InChI is InChI=1S/C24H34NO2.C22H30NO3/c1-7-22(26)27-24(21-16-12-9-13-17-21,18-20-14-10-8-11-15-20)23(2,3)19-25(4,5)6;1-5-26-22(20-14-10-7-11-15-20,18-19-12-8-6-9-13-19)21(24)25-17-16-23(2,3)4/h8-17H,7,18-19H2,1-6H3;6-15H,5,16-18H2,1-4H3/q2*+1. The summed E-state index contributed by atoms with van der Waals surface area (Å²) < 4.78 is 19.6. The van der Waals surface area contributed by atoms with Crippen LogP contribution >= 0.6 is 0 Å². The monoisotopic (exact) mass is 724 g/mol. The molecule has 0 aliphatic rings. The van der Waals surface area contributed by atoms with Crippen LogP contribution in [0.15, 0.2) is 121 Å². The van der Waals surface area contributed by atoms with Crippen molar-refractivity contribution in [2.75, 3.05) is 68.6 Å². The summed E-state index contributed by atoms with van der Waals surface area (Å²) in [6.07, 6.45) is 1.45. The number of hydrogen-bond donors (Lipinski definition) is 0. The van der Waals surface area contributed by atoms with E-state index in [1.54, 1.807) is 0 Å². The Hall–Kier alpha value is -4.30. The van der Waals surface area contributed by atoms with Gasteiger partial charge in [0.05, 0.1) is 54.2 Å². The molecule has 0 radical (unpaired) electrons. The van der Waals surface area contributed by atoms with Crippen molar-refractivity contribution in [2.24, 2.45) is 5.41 Å². The van der Waals surface area contributed by atoms with Crippen LogP contribution in [0.2, 0.25) is 0 Å². The van der Waals surface area contributed by atoms with Gasteiger partial charge in [0.2, 0.25) is 0 Å². The van der Waals surface area contributed by atoms with Gasteiger partial charge in [-0.25, -0.2) is 4.79 Å². The molecule has 0 saturated carbocycles. The number of ether oxygens (including phenoxy) is 3. The topological polar surface area (TPSA) is 61.8 Å². The highest BCUT2D eigenvalue weighted by Gasteiger charge is 2.52. The van der Waals surface area contributed by atoms with Gasteiger partial charge in [0.15, 0.2) is 11.2 Å². The zero-order valence-electron chi connectivity index (χ0n) is 33.9. The molecule has 0 aromatic heterocycles. The molecule has 0 fully saturated rings. The lowest BCUT2D eigenvalue weighted by atomic mass is 9.67. The van der Waals surface area contributed by atoms with Crippen LogP contribution in [0.1, 0.15) is 56.4 Å². The first-order valence-corrected chi connectivity index (χ1v) is 18.8. The van der Waals surface area contributed by atoms with Gasteiger partial charge in [-0.3, -0.25) is 4.79 Å². The van der Waals surface area contributed by atoms with Crippen LogP contribution < -0.4 is 0 Å². The first-order valence-electron chi connectivity index (χ1n) is 18.8. The fraction of sp³-hybridized carbons (Fsp3) is 0.435. The maximum absolute atomic E-state index is 13.2. The lowest BCUT2D eigenvalue weighted by molar-refractivity contribution is -0.878. The normalized spacial score (nSPS) is 14.2. The average Bonchev–Trinajstić information content (AvgIpc) is 3.11. The van der Waals surface area contributed by atoms with Crippen LogP contribution in [0.25, 0.3) is 0 Å². The highest BCUT2D eigenvalue weighted by atomic mass is 16.6. The Morgan fingerprint density at radius 2 is 1.06 bits per heavy atom. The Labute approximate surface area is 319 Å². The molecule has 0 bridgehead atoms. The predicted molar refractivity (Wildman–Crippen MR) is 215 cm³/mol. The predicted octanol–water partition coefficient (Wildman–Crippen LogP) is 8.22. The van der Waals surface area contributed by atoms with Gasteiger partial charge in [-0.2, -0.15) is 0 Å². The molecule has 7 nitrogen and oxygen atoms in total. The van der Waals surface area contributed by atoms with Gasteiger partial charge in [-0.15, -0.1) is 0 Å². The van der Waals surface area contributed by atoms with E-state index in [2.05, 4.69) is 80.4 Å². The smallest absolute Gasteiger partial charge is 0.343 e. The Morgan fingerprint density at radius 1 is 0.604 bits per heavy atom. The van der Waals surface area contributed by atoms with Crippen LogP contribution in [0.3, 0.4) is 0 Å². The third kappa shape index (κ3) is 12.7. The third-order valence-electron chi connectivity index (χ3n) is 9.33. The van der Waals surface area contributed by atoms with Crippen molar-refractivity contribution in [3.05, 3.63) is 144 Å². The maximum atomic E-state index is 13.2. The van der Waals surface area contributed by atoms with E-state index in [1.165, 1.54) is 5.56 Å². The summed E-state index contributed by atoms with van der Waals surface area (Å²) in [7, 11) is 12.8. The molecule has 0 saturated heterocycles. The van der Waals surface area contributed by atoms with Crippen LogP contribution in [0.4, 0.5) is 0 Å². The summed E-state index contributed by atoms with van der Waals surface area (Å²) >= 11 is 0. The Balaban J connectivity index is 0.000000286. The molecule has 286 valence electrons. The molecule has 4 rings (SSSR count). The number of carbonyl (C=O) groups is 2. The Kier molecular flexibility index (Phi) is 15.6. The quantitative estimate of drug-likeness (QED) is 0.0812. The summed E-state index contributed by atoms with van der Waals surface area (Å²) in [5.74, 6) is -0.493. The van der Waals surface area contributed by atoms with E-state index in [9.17, 15) is 9.59 Å². The lowest BCUT2D eigenvalue weighted by Crippen LogP contribution is -2.55. The zero-order chi connectivity index (χ0) is 39.2. The van der Waals surface area contributed by atoms with E-state index in [4.69, 9.17) is 14.2 Å². The van der Waals surface area contributed by atoms with Crippen molar-refractivity contribution >= 4 is 11.9 Å². The fourth-order valence-electron chi connectivity index (χ4n) is 6.99. The van der Waals surface area contributed by atoms with Crippen molar-refractivity contribution in [1.29, 1.82) is 0 Å². The van der Waals surface area contributed by atoms with E-state index in [-0.39, 0.29) is 17.4 Å². The average molecular weight is 725 g/mol. The number of benzene rings is 4. The minimum atomic E-state index is -1.14. The van der Waals surface area contributed by atoms with E-state index < -0.39 is 11.2 Å². The van der Waals surface area contributed by atoms with Gasteiger partial charge >= 0.3 is 11.9 Å². The number of hydrogen-bond acceptors (Lipinski definition) is 5. The van der Waals surface area contributed by atoms with E-state index in [1.807, 2.05) is 111 Å². The molecular weight excluding hydrogens is 661 g/mol. The molecule has 2 atom stereocenters. The molecule has 0 aliphatic carbocycles. The largest absolute Gasteiger partial charge is 0.457 e. The SMILES string of the molecule is CCC(=O)OC(Cc1ccccc1)(c1ccccc1)C(C)(C)C[N+](C)(C)C.CCOC(Cc1ccccc1)(C(=O)OCC[N+](C)(C)C)c1ccccc1. The van der Waals surface area contributed by atoms with E-state index in [0.29, 0.717) is 32.5 Å². The lowest BCUT2D eigenvalue weighted by Gasteiger charge is -2.48. The first kappa shape index (κ1) is 43.1. The van der Waals surface area contributed by atoms with Gasteiger partial charge in [-0.1, -0.05) is 142 Å². The Morgan fingerprint density at radius 3 is 1.49 bits per heavy atom. The second-order valence-electron chi connectivity index (χ2n) is 16.5. The van der Waals surface area contributed by atoms with Gasteiger partial charge < -0.3 is 23.2 Å². The molecule has 0 heterocycles. The number of nitrogens with zero attached hydrogens (tertiary/aromatic N) is 2. The highest BCUT2D eigenvalue weighted by molar-refractivity contribution is 5.82. The van der Waals surface area contributed by atoms with Crippen LogP contribution in [0, 0.1) is 5.41 Å². The number of rotatable bonds is 17. The van der Waals surface area contributed by atoms with Crippen molar-refractivity contribution < 1.29 is 32.8 Å². The molecule has 7 heteroatoms. The summed E-state index contributed by atoms with van der Waals surface area (Å²) in [4.78, 5) is 25.8. The maximum Gasteiger partial charge on any atom is 0.343 e. The van der Waals surface area contributed by atoms with Crippen LogP contribution in [-0.2, 0) is 47.8 Å². The minimum absolute atomic E-state index is 0.163. The van der Waals surface area contributed by atoms with Gasteiger partial charge in [0.1, 0.15) is 13.2 Å².